The van der Waals surface area contributed by atoms with Gasteiger partial charge in [-0.1, -0.05) is 30.3 Å². The largest absolute Gasteiger partial charge is 0.508 e. The SMILES string of the molecule is O=CN1CCC(CNC(=O)c2ccc(O)cc2)CC1.c1ccc(C2CC2)cc1. The molecule has 5 heteroatoms. The third-order valence-corrected chi connectivity index (χ3v) is 5.33. The quantitative estimate of drug-likeness (QED) is 0.780. The number of hydrogen-bond donors (Lipinski definition) is 2. The molecular weight excluding hydrogens is 352 g/mol. The van der Waals surface area contributed by atoms with Crippen molar-refractivity contribution in [2.75, 3.05) is 19.6 Å². The molecule has 148 valence electrons. The van der Waals surface area contributed by atoms with E-state index in [1.54, 1.807) is 17.0 Å². The average Bonchev–Trinajstić information content (AvgIpc) is 3.59. The molecule has 2 N–H and O–H groups in total. The Morgan fingerprint density at radius 1 is 1.00 bits per heavy atom. The summed E-state index contributed by atoms with van der Waals surface area (Å²) in [7, 11) is 0. The smallest absolute Gasteiger partial charge is 0.251 e. The van der Waals surface area contributed by atoms with Gasteiger partial charge in [-0.3, -0.25) is 9.59 Å². The highest BCUT2D eigenvalue weighted by molar-refractivity contribution is 5.94. The molecule has 0 bridgehead atoms. The zero-order valence-corrected chi connectivity index (χ0v) is 16.1. The number of likely N-dealkylation sites (tertiary alicyclic amines) is 1. The fourth-order valence-corrected chi connectivity index (χ4v) is 3.36. The molecule has 0 aromatic heterocycles. The van der Waals surface area contributed by atoms with Gasteiger partial charge >= 0.3 is 0 Å². The number of carbonyl (C=O) groups is 2. The first-order valence-corrected chi connectivity index (χ1v) is 9.97. The summed E-state index contributed by atoms with van der Waals surface area (Å²) in [5.41, 5.74) is 2.07. The van der Waals surface area contributed by atoms with Crippen LogP contribution in [-0.4, -0.2) is 42.0 Å². The summed E-state index contributed by atoms with van der Waals surface area (Å²) in [4.78, 5) is 24.2. The molecule has 2 aromatic rings. The number of benzene rings is 2. The topological polar surface area (TPSA) is 69.6 Å². The van der Waals surface area contributed by atoms with E-state index in [1.165, 1.54) is 30.5 Å². The second kappa shape index (κ2) is 9.93. The van der Waals surface area contributed by atoms with Crippen LogP contribution in [0.25, 0.3) is 0 Å². The minimum Gasteiger partial charge on any atom is -0.508 e. The van der Waals surface area contributed by atoms with Crippen molar-refractivity contribution >= 4 is 12.3 Å². The second-order valence-electron chi connectivity index (χ2n) is 7.53. The molecular formula is C23H28N2O3. The highest BCUT2D eigenvalue weighted by Gasteiger charge is 2.22. The maximum absolute atomic E-state index is 11.9. The van der Waals surface area contributed by atoms with Crippen LogP contribution in [0.15, 0.2) is 54.6 Å². The summed E-state index contributed by atoms with van der Waals surface area (Å²) in [6.45, 7) is 2.17. The van der Waals surface area contributed by atoms with E-state index in [0.717, 1.165) is 38.3 Å². The second-order valence-corrected chi connectivity index (χ2v) is 7.53. The monoisotopic (exact) mass is 380 g/mol. The van der Waals surface area contributed by atoms with Crippen molar-refractivity contribution < 1.29 is 14.7 Å². The van der Waals surface area contributed by atoms with Gasteiger partial charge in [0.1, 0.15) is 5.75 Å². The molecule has 28 heavy (non-hydrogen) atoms. The molecule has 0 spiro atoms. The maximum atomic E-state index is 11.9. The van der Waals surface area contributed by atoms with Crippen molar-refractivity contribution in [2.24, 2.45) is 5.92 Å². The lowest BCUT2D eigenvalue weighted by Crippen LogP contribution is -2.38. The van der Waals surface area contributed by atoms with E-state index in [0.29, 0.717) is 18.0 Å². The molecule has 1 aliphatic carbocycles. The van der Waals surface area contributed by atoms with Gasteiger partial charge in [-0.15, -0.1) is 0 Å². The van der Waals surface area contributed by atoms with Gasteiger partial charge in [-0.05, 0) is 67.3 Å². The van der Waals surface area contributed by atoms with Crippen LogP contribution >= 0.6 is 0 Å². The summed E-state index contributed by atoms with van der Waals surface area (Å²) in [5, 5.41) is 12.0. The van der Waals surface area contributed by atoms with E-state index in [2.05, 4.69) is 35.6 Å². The number of aromatic hydroxyl groups is 1. The Balaban J connectivity index is 0.000000206. The predicted molar refractivity (Wildman–Crippen MR) is 109 cm³/mol. The normalized spacial score (nSPS) is 16.6. The maximum Gasteiger partial charge on any atom is 0.251 e. The molecule has 1 heterocycles. The number of rotatable bonds is 5. The fourth-order valence-electron chi connectivity index (χ4n) is 3.36. The first-order valence-electron chi connectivity index (χ1n) is 9.97. The third kappa shape index (κ3) is 6.12. The van der Waals surface area contributed by atoms with Crippen molar-refractivity contribution in [2.45, 2.75) is 31.6 Å². The Hall–Kier alpha value is -2.82. The summed E-state index contributed by atoms with van der Waals surface area (Å²) in [5.74, 6) is 1.36. The van der Waals surface area contributed by atoms with Crippen molar-refractivity contribution in [3.05, 3.63) is 65.7 Å². The Kier molecular flexibility index (Phi) is 7.06. The highest BCUT2D eigenvalue weighted by Crippen LogP contribution is 2.39. The summed E-state index contributed by atoms with van der Waals surface area (Å²) in [6.07, 6.45) is 5.54. The first-order chi connectivity index (χ1) is 13.7. The summed E-state index contributed by atoms with van der Waals surface area (Å²) >= 11 is 0. The molecule has 2 aromatic carbocycles. The van der Waals surface area contributed by atoms with Gasteiger partial charge in [0.05, 0.1) is 0 Å². The number of phenolic OH excluding ortho intramolecular Hbond substituents is 1. The van der Waals surface area contributed by atoms with Crippen molar-refractivity contribution in [1.29, 1.82) is 0 Å². The molecule has 0 atom stereocenters. The Labute approximate surface area is 166 Å². The van der Waals surface area contributed by atoms with Crippen molar-refractivity contribution in [3.63, 3.8) is 0 Å². The van der Waals surface area contributed by atoms with E-state index in [-0.39, 0.29) is 11.7 Å². The number of phenols is 1. The van der Waals surface area contributed by atoms with E-state index in [9.17, 15) is 9.59 Å². The Morgan fingerprint density at radius 2 is 1.64 bits per heavy atom. The van der Waals surface area contributed by atoms with Crippen LogP contribution in [0.2, 0.25) is 0 Å². The minimum absolute atomic E-state index is 0.127. The van der Waals surface area contributed by atoms with Gasteiger partial charge in [0, 0.05) is 25.2 Å². The van der Waals surface area contributed by atoms with Gasteiger partial charge in [0.2, 0.25) is 6.41 Å². The van der Waals surface area contributed by atoms with Crippen LogP contribution in [0.1, 0.15) is 47.5 Å². The number of carbonyl (C=O) groups excluding carboxylic acids is 2. The van der Waals surface area contributed by atoms with E-state index in [4.69, 9.17) is 5.11 Å². The van der Waals surface area contributed by atoms with Crippen LogP contribution in [0.4, 0.5) is 0 Å². The molecule has 0 unspecified atom stereocenters. The Morgan fingerprint density at radius 3 is 2.21 bits per heavy atom. The summed E-state index contributed by atoms with van der Waals surface area (Å²) in [6, 6.07) is 16.9. The van der Waals surface area contributed by atoms with Crippen LogP contribution in [0.5, 0.6) is 5.75 Å². The number of piperidine rings is 1. The summed E-state index contributed by atoms with van der Waals surface area (Å²) < 4.78 is 0. The van der Waals surface area contributed by atoms with E-state index < -0.39 is 0 Å². The number of amides is 2. The molecule has 1 saturated carbocycles. The molecule has 1 aliphatic heterocycles. The third-order valence-electron chi connectivity index (χ3n) is 5.33. The molecule has 5 nitrogen and oxygen atoms in total. The first kappa shape index (κ1) is 19.9. The van der Waals surface area contributed by atoms with E-state index >= 15 is 0 Å². The lowest BCUT2D eigenvalue weighted by molar-refractivity contribution is -0.119. The van der Waals surface area contributed by atoms with Gasteiger partial charge in [0.15, 0.2) is 0 Å². The number of hydrogen-bond acceptors (Lipinski definition) is 3. The minimum atomic E-state index is -0.127. The molecule has 0 radical (unpaired) electrons. The number of nitrogens with one attached hydrogen (secondary N) is 1. The van der Waals surface area contributed by atoms with Crippen LogP contribution < -0.4 is 5.32 Å². The average molecular weight is 380 g/mol. The van der Waals surface area contributed by atoms with Gasteiger partial charge in [-0.25, -0.2) is 0 Å². The Bertz CT molecular complexity index is 749. The molecule has 2 aliphatic rings. The van der Waals surface area contributed by atoms with E-state index in [1.807, 2.05) is 0 Å². The van der Waals surface area contributed by atoms with Gasteiger partial charge in [0.25, 0.3) is 5.91 Å². The van der Waals surface area contributed by atoms with Crippen LogP contribution in [0, 0.1) is 5.92 Å². The van der Waals surface area contributed by atoms with Crippen molar-refractivity contribution in [1.82, 2.24) is 10.2 Å². The predicted octanol–water partition coefficient (Wildman–Crippen LogP) is 3.55. The fraction of sp³-hybridized carbons (Fsp3) is 0.391. The lowest BCUT2D eigenvalue weighted by Gasteiger charge is -2.29. The molecule has 2 fully saturated rings. The number of nitrogens with zero attached hydrogens (tertiary/aromatic N) is 1. The lowest BCUT2D eigenvalue weighted by atomic mass is 9.97. The van der Waals surface area contributed by atoms with Gasteiger partial charge < -0.3 is 15.3 Å². The van der Waals surface area contributed by atoms with Crippen LogP contribution in [0.3, 0.4) is 0 Å². The molecule has 4 rings (SSSR count). The zero-order valence-electron chi connectivity index (χ0n) is 16.1. The standard InChI is InChI=1S/C14H18N2O3.C9H10/c17-10-16-7-5-11(6-8-16)9-15-14(19)12-1-3-13(18)4-2-12;1-2-4-8(5-3-1)9-6-7-9/h1-4,10-11,18H,5-9H2,(H,15,19);1-5,9H,6-7H2. The van der Waals surface area contributed by atoms with Gasteiger partial charge in [-0.2, -0.15) is 0 Å². The van der Waals surface area contributed by atoms with Crippen LogP contribution in [-0.2, 0) is 4.79 Å². The zero-order chi connectivity index (χ0) is 19.8. The highest BCUT2D eigenvalue weighted by atomic mass is 16.3. The molecule has 1 saturated heterocycles. The molecule has 2 amide bonds. The van der Waals surface area contributed by atoms with Crippen molar-refractivity contribution in [3.8, 4) is 5.75 Å².